The van der Waals surface area contributed by atoms with Crippen LogP contribution in [0.4, 0.5) is 0 Å². The van der Waals surface area contributed by atoms with Crippen molar-refractivity contribution in [3.63, 3.8) is 0 Å². The van der Waals surface area contributed by atoms with Crippen LogP contribution in [0.1, 0.15) is 43.8 Å². The Kier molecular flexibility index (Phi) is 4.73. The molecule has 110 valence electrons. The smallest absolute Gasteiger partial charge is 0.155 e. The number of nitrogens with one attached hydrogen (secondary N) is 1. The van der Waals surface area contributed by atoms with E-state index in [0.29, 0.717) is 0 Å². The molecule has 0 radical (unpaired) electrons. The minimum atomic E-state index is 0.214. The predicted molar refractivity (Wildman–Crippen MR) is 80.0 cm³/mol. The van der Waals surface area contributed by atoms with Crippen LogP contribution in [0.15, 0.2) is 12.3 Å². The van der Waals surface area contributed by atoms with Crippen molar-refractivity contribution in [3.05, 3.63) is 29.2 Å². The number of rotatable bonds is 6. The molecule has 1 N–H and O–H groups in total. The first-order valence-electron chi connectivity index (χ1n) is 7.19. The Balaban J connectivity index is 2.13. The summed E-state index contributed by atoms with van der Waals surface area (Å²) >= 11 is 0. The molecule has 0 bridgehead atoms. The van der Waals surface area contributed by atoms with E-state index < -0.39 is 0 Å². The lowest BCUT2D eigenvalue weighted by Crippen LogP contribution is -2.29. The van der Waals surface area contributed by atoms with Crippen molar-refractivity contribution in [3.8, 4) is 0 Å². The third-order valence-electron chi connectivity index (χ3n) is 3.51. The summed E-state index contributed by atoms with van der Waals surface area (Å²) in [5.41, 5.74) is 4.19. The van der Waals surface area contributed by atoms with Gasteiger partial charge >= 0.3 is 0 Å². The molecular formula is C15H24N4O. The molecule has 2 aromatic rings. The zero-order valence-electron chi connectivity index (χ0n) is 13.0. The highest BCUT2D eigenvalue weighted by atomic mass is 16.5. The van der Waals surface area contributed by atoms with Crippen LogP contribution in [0.25, 0.3) is 5.65 Å². The summed E-state index contributed by atoms with van der Waals surface area (Å²) in [5.74, 6) is 0. The first-order valence-corrected chi connectivity index (χ1v) is 7.19. The fraction of sp³-hybridized carbons (Fsp3) is 0.600. The summed E-state index contributed by atoms with van der Waals surface area (Å²) in [7, 11) is 0. The average molecular weight is 276 g/mol. The van der Waals surface area contributed by atoms with Gasteiger partial charge in [-0.25, -0.2) is 9.50 Å². The lowest BCUT2D eigenvalue weighted by Gasteiger charge is -2.19. The van der Waals surface area contributed by atoms with Crippen molar-refractivity contribution in [2.45, 2.75) is 46.8 Å². The molecule has 2 heterocycles. The molecule has 2 atom stereocenters. The first kappa shape index (κ1) is 14.9. The van der Waals surface area contributed by atoms with Crippen molar-refractivity contribution < 1.29 is 4.74 Å². The topological polar surface area (TPSA) is 51.5 Å². The quantitative estimate of drug-likeness (QED) is 0.880. The monoisotopic (exact) mass is 276 g/mol. The van der Waals surface area contributed by atoms with Crippen LogP contribution < -0.4 is 5.32 Å². The van der Waals surface area contributed by atoms with E-state index in [1.807, 2.05) is 30.6 Å². The molecular weight excluding hydrogens is 252 g/mol. The number of ether oxygens (including phenoxy) is 1. The molecule has 0 aliphatic carbocycles. The van der Waals surface area contributed by atoms with Gasteiger partial charge in [-0.1, -0.05) is 0 Å². The van der Waals surface area contributed by atoms with Crippen LogP contribution >= 0.6 is 0 Å². The molecule has 0 spiro atoms. The molecule has 0 saturated heterocycles. The summed E-state index contributed by atoms with van der Waals surface area (Å²) in [5, 5.41) is 7.97. The van der Waals surface area contributed by atoms with Gasteiger partial charge in [-0.2, -0.15) is 5.10 Å². The van der Waals surface area contributed by atoms with Crippen molar-refractivity contribution in [2.75, 3.05) is 13.2 Å². The second kappa shape index (κ2) is 6.33. The Bertz CT molecular complexity index is 579. The number of aromatic nitrogens is 3. The van der Waals surface area contributed by atoms with Crippen LogP contribution in [-0.2, 0) is 4.74 Å². The fourth-order valence-electron chi connectivity index (χ4n) is 2.40. The van der Waals surface area contributed by atoms with Crippen molar-refractivity contribution >= 4 is 5.65 Å². The van der Waals surface area contributed by atoms with Crippen LogP contribution in [0.2, 0.25) is 0 Å². The van der Waals surface area contributed by atoms with E-state index in [-0.39, 0.29) is 12.1 Å². The lowest BCUT2D eigenvalue weighted by molar-refractivity contribution is 0.0743. The molecule has 20 heavy (non-hydrogen) atoms. The average Bonchev–Trinajstić information content (AvgIpc) is 2.78. The number of hydrogen-bond acceptors (Lipinski definition) is 4. The summed E-state index contributed by atoms with van der Waals surface area (Å²) in [6.45, 7) is 11.9. The van der Waals surface area contributed by atoms with Gasteiger partial charge in [-0.15, -0.1) is 0 Å². The minimum absolute atomic E-state index is 0.214. The van der Waals surface area contributed by atoms with E-state index in [0.717, 1.165) is 30.2 Å². The first-order chi connectivity index (χ1) is 9.52. The number of fused-ring (bicyclic) bond motifs is 1. The number of hydrogen-bond donors (Lipinski definition) is 1. The molecule has 0 aliphatic heterocycles. The zero-order valence-corrected chi connectivity index (χ0v) is 13.0. The predicted octanol–water partition coefficient (Wildman–Crippen LogP) is 2.42. The molecule has 5 nitrogen and oxygen atoms in total. The van der Waals surface area contributed by atoms with Gasteiger partial charge < -0.3 is 10.1 Å². The van der Waals surface area contributed by atoms with Gasteiger partial charge in [0.25, 0.3) is 0 Å². The van der Waals surface area contributed by atoms with Gasteiger partial charge in [-0.05, 0) is 34.6 Å². The molecule has 0 aliphatic rings. The van der Waals surface area contributed by atoms with Crippen molar-refractivity contribution in [1.29, 1.82) is 0 Å². The van der Waals surface area contributed by atoms with E-state index >= 15 is 0 Å². The molecule has 0 saturated carbocycles. The maximum Gasteiger partial charge on any atom is 0.155 e. The van der Waals surface area contributed by atoms with Gasteiger partial charge in [0.2, 0.25) is 0 Å². The second-order valence-corrected chi connectivity index (χ2v) is 5.25. The number of nitrogens with zero attached hydrogens (tertiary/aromatic N) is 3. The highest BCUT2D eigenvalue weighted by Gasteiger charge is 2.13. The third kappa shape index (κ3) is 3.16. The van der Waals surface area contributed by atoms with Crippen LogP contribution in [0, 0.1) is 13.8 Å². The van der Waals surface area contributed by atoms with Crippen LogP contribution in [-0.4, -0.2) is 33.9 Å². The molecule has 0 amide bonds. The van der Waals surface area contributed by atoms with Crippen LogP contribution in [0.5, 0.6) is 0 Å². The second-order valence-electron chi connectivity index (χ2n) is 5.25. The van der Waals surface area contributed by atoms with E-state index in [2.05, 4.69) is 36.2 Å². The van der Waals surface area contributed by atoms with Crippen molar-refractivity contribution in [2.24, 2.45) is 0 Å². The Labute approximate surface area is 120 Å². The van der Waals surface area contributed by atoms with Gasteiger partial charge in [0.05, 0.1) is 11.8 Å². The molecule has 5 heteroatoms. The van der Waals surface area contributed by atoms with Gasteiger partial charge in [0.15, 0.2) is 5.65 Å². The lowest BCUT2D eigenvalue weighted by atomic mass is 10.1. The molecule has 2 unspecified atom stereocenters. The summed E-state index contributed by atoms with van der Waals surface area (Å²) in [4.78, 5) is 4.48. The van der Waals surface area contributed by atoms with Crippen molar-refractivity contribution in [1.82, 2.24) is 19.9 Å². The van der Waals surface area contributed by atoms with E-state index in [1.54, 1.807) is 0 Å². The van der Waals surface area contributed by atoms with Gasteiger partial charge in [0.1, 0.15) is 0 Å². The molecule has 2 rings (SSSR count). The maximum atomic E-state index is 5.54. The highest BCUT2D eigenvalue weighted by molar-refractivity contribution is 5.42. The highest BCUT2D eigenvalue weighted by Crippen LogP contribution is 2.18. The standard InChI is InChI=1S/C15H24N4O/c1-6-20-11(3)8-16-12(4)14-9-17-15-7-10(2)18-19(15)13(14)5/h7,9,11-12,16H,6,8H2,1-5H3. The fourth-order valence-corrected chi connectivity index (χ4v) is 2.40. The normalized spacial score (nSPS) is 14.7. The summed E-state index contributed by atoms with van der Waals surface area (Å²) < 4.78 is 7.45. The largest absolute Gasteiger partial charge is 0.377 e. The summed E-state index contributed by atoms with van der Waals surface area (Å²) in [6.07, 6.45) is 2.15. The maximum absolute atomic E-state index is 5.54. The Morgan fingerprint density at radius 3 is 2.80 bits per heavy atom. The molecule has 2 aromatic heterocycles. The van der Waals surface area contributed by atoms with E-state index in [4.69, 9.17) is 4.74 Å². The van der Waals surface area contributed by atoms with Gasteiger partial charge in [-0.3, -0.25) is 0 Å². The minimum Gasteiger partial charge on any atom is -0.377 e. The van der Waals surface area contributed by atoms with Gasteiger partial charge in [0, 0.05) is 42.7 Å². The zero-order chi connectivity index (χ0) is 14.7. The third-order valence-corrected chi connectivity index (χ3v) is 3.51. The summed E-state index contributed by atoms with van der Waals surface area (Å²) in [6, 6.07) is 2.21. The Hall–Kier alpha value is -1.46. The van der Waals surface area contributed by atoms with E-state index in [9.17, 15) is 0 Å². The Morgan fingerprint density at radius 1 is 1.35 bits per heavy atom. The SMILES string of the molecule is CCOC(C)CNC(C)c1cnc2cc(C)nn2c1C. The number of aryl methyl sites for hydroxylation is 2. The molecule has 0 aromatic carbocycles. The molecule has 0 fully saturated rings. The van der Waals surface area contributed by atoms with E-state index in [1.165, 1.54) is 5.56 Å². The Morgan fingerprint density at radius 2 is 2.10 bits per heavy atom. The van der Waals surface area contributed by atoms with Crippen LogP contribution in [0.3, 0.4) is 0 Å².